The third-order valence-corrected chi connectivity index (χ3v) is 4.09. The largest absolute Gasteiger partial charge is 0.396 e. The molecule has 1 unspecified atom stereocenters. The molecule has 0 aliphatic heterocycles. The van der Waals surface area contributed by atoms with Gasteiger partial charge in [0, 0.05) is 6.61 Å². The first-order valence-corrected chi connectivity index (χ1v) is 6.71. The van der Waals surface area contributed by atoms with Crippen LogP contribution in [0.15, 0.2) is 18.2 Å². The lowest BCUT2D eigenvalue weighted by Crippen LogP contribution is -2.31. The molecule has 1 aromatic carbocycles. The van der Waals surface area contributed by atoms with E-state index in [-0.39, 0.29) is 12.5 Å². The van der Waals surface area contributed by atoms with Gasteiger partial charge >= 0.3 is 0 Å². The number of aliphatic hydroxyl groups excluding tert-OH is 1. The van der Waals surface area contributed by atoms with Crippen molar-refractivity contribution in [2.75, 3.05) is 6.61 Å². The number of halogens is 2. The summed E-state index contributed by atoms with van der Waals surface area (Å²) in [6, 6.07) is 7.71. The predicted octanol–water partition coefficient (Wildman–Crippen LogP) is 4.18. The molecule has 2 nitrogen and oxygen atoms in total. The van der Waals surface area contributed by atoms with E-state index in [4.69, 9.17) is 28.3 Å². The maximum atomic E-state index is 9.58. The molecule has 0 radical (unpaired) electrons. The molecule has 4 heteroatoms. The van der Waals surface area contributed by atoms with Crippen LogP contribution in [-0.4, -0.2) is 11.7 Å². The lowest BCUT2D eigenvalue weighted by Gasteiger charge is -2.31. The van der Waals surface area contributed by atoms with Gasteiger partial charge in [-0.25, -0.2) is 0 Å². The standard InChI is InChI=1S/C14H17Cl2NO/c1-10(2)14(9-17,6-3-7-18)11-4-5-12(15)13(16)8-11/h4-5,8,10,18H,3,6-7H2,1-2H3. The fraction of sp³-hybridized carbons (Fsp3) is 0.500. The van der Waals surface area contributed by atoms with Crippen LogP contribution in [-0.2, 0) is 5.41 Å². The summed E-state index contributed by atoms with van der Waals surface area (Å²) >= 11 is 11.9. The predicted molar refractivity (Wildman–Crippen MR) is 74.9 cm³/mol. The van der Waals surface area contributed by atoms with E-state index in [1.54, 1.807) is 12.1 Å². The third kappa shape index (κ3) is 2.98. The summed E-state index contributed by atoms with van der Waals surface area (Å²) in [5, 5.41) is 19.5. The fourth-order valence-corrected chi connectivity index (χ4v) is 2.45. The molecule has 18 heavy (non-hydrogen) atoms. The Kier molecular flexibility index (Phi) is 5.47. The van der Waals surface area contributed by atoms with Crippen LogP contribution in [0.5, 0.6) is 0 Å². The van der Waals surface area contributed by atoms with Gasteiger partial charge in [0.2, 0.25) is 0 Å². The van der Waals surface area contributed by atoms with E-state index < -0.39 is 5.41 Å². The molecular weight excluding hydrogens is 269 g/mol. The molecule has 0 aromatic heterocycles. The van der Waals surface area contributed by atoms with Crippen molar-refractivity contribution in [2.45, 2.75) is 32.1 Å². The number of hydrogen-bond acceptors (Lipinski definition) is 2. The lowest BCUT2D eigenvalue weighted by molar-refractivity contribution is 0.257. The summed E-state index contributed by atoms with van der Waals surface area (Å²) in [5.41, 5.74) is 0.236. The molecule has 0 aliphatic rings. The van der Waals surface area contributed by atoms with Crippen molar-refractivity contribution in [3.63, 3.8) is 0 Å². The second kappa shape index (κ2) is 6.43. The Morgan fingerprint density at radius 3 is 2.44 bits per heavy atom. The Bertz CT molecular complexity index is 454. The Balaban J connectivity index is 3.24. The molecule has 0 amide bonds. The maximum Gasteiger partial charge on any atom is 0.0846 e. The zero-order valence-electron chi connectivity index (χ0n) is 10.6. The first kappa shape index (κ1) is 15.3. The second-order valence-electron chi connectivity index (χ2n) is 4.69. The molecule has 1 aromatic rings. The Morgan fingerprint density at radius 2 is 2.00 bits per heavy atom. The Morgan fingerprint density at radius 1 is 1.33 bits per heavy atom. The number of aliphatic hydroxyl groups is 1. The molecular formula is C14H17Cl2NO. The van der Waals surface area contributed by atoms with E-state index in [1.807, 2.05) is 19.9 Å². The number of hydrogen-bond donors (Lipinski definition) is 1. The Labute approximate surface area is 118 Å². The van der Waals surface area contributed by atoms with E-state index in [2.05, 4.69) is 6.07 Å². The molecule has 1 N–H and O–H groups in total. The smallest absolute Gasteiger partial charge is 0.0846 e. The zero-order valence-corrected chi connectivity index (χ0v) is 12.1. The van der Waals surface area contributed by atoms with Crippen LogP contribution in [0.3, 0.4) is 0 Å². The number of rotatable bonds is 5. The number of benzene rings is 1. The van der Waals surface area contributed by atoms with Gasteiger partial charge in [-0.2, -0.15) is 5.26 Å². The zero-order chi connectivity index (χ0) is 13.8. The van der Waals surface area contributed by atoms with E-state index >= 15 is 0 Å². The molecule has 1 rings (SSSR count). The highest BCUT2D eigenvalue weighted by Gasteiger charge is 2.35. The van der Waals surface area contributed by atoms with Crippen LogP contribution in [0.2, 0.25) is 10.0 Å². The Hall–Kier alpha value is -0.750. The van der Waals surface area contributed by atoms with Crippen molar-refractivity contribution in [1.29, 1.82) is 5.26 Å². The summed E-state index contributed by atoms with van der Waals surface area (Å²) in [7, 11) is 0. The summed E-state index contributed by atoms with van der Waals surface area (Å²) in [6.45, 7) is 4.09. The van der Waals surface area contributed by atoms with Gasteiger partial charge in [-0.15, -0.1) is 0 Å². The average Bonchev–Trinajstić information content (AvgIpc) is 2.34. The second-order valence-corrected chi connectivity index (χ2v) is 5.51. The van der Waals surface area contributed by atoms with Crippen LogP contribution >= 0.6 is 23.2 Å². The highest BCUT2D eigenvalue weighted by atomic mass is 35.5. The monoisotopic (exact) mass is 285 g/mol. The molecule has 0 fully saturated rings. The average molecular weight is 286 g/mol. The van der Waals surface area contributed by atoms with E-state index in [0.717, 1.165) is 5.56 Å². The van der Waals surface area contributed by atoms with E-state index in [1.165, 1.54) is 0 Å². The topological polar surface area (TPSA) is 44.0 Å². The van der Waals surface area contributed by atoms with Crippen molar-refractivity contribution in [1.82, 2.24) is 0 Å². The quantitative estimate of drug-likeness (QED) is 0.882. The normalized spacial score (nSPS) is 14.3. The third-order valence-electron chi connectivity index (χ3n) is 3.35. The highest BCUT2D eigenvalue weighted by molar-refractivity contribution is 6.42. The molecule has 0 saturated carbocycles. The van der Waals surface area contributed by atoms with Crippen LogP contribution in [0, 0.1) is 17.2 Å². The summed E-state index contributed by atoms with van der Waals surface area (Å²) in [6.07, 6.45) is 1.20. The lowest BCUT2D eigenvalue weighted by atomic mass is 9.70. The van der Waals surface area contributed by atoms with Gasteiger partial charge in [0.25, 0.3) is 0 Å². The van der Waals surface area contributed by atoms with Gasteiger partial charge in [-0.05, 0) is 36.5 Å². The molecule has 0 spiro atoms. The van der Waals surface area contributed by atoms with E-state index in [0.29, 0.717) is 22.9 Å². The van der Waals surface area contributed by atoms with Crippen molar-refractivity contribution >= 4 is 23.2 Å². The van der Waals surface area contributed by atoms with Crippen molar-refractivity contribution in [3.05, 3.63) is 33.8 Å². The van der Waals surface area contributed by atoms with Crippen molar-refractivity contribution in [2.24, 2.45) is 5.92 Å². The van der Waals surface area contributed by atoms with Gasteiger partial charge in [0.15, 0.2) is 0 Å². The van der Waals surface area contributed by atoms with Crippen LogP contribution < -0.4 is 0 Å². The molecule has 98 valence electrons. The molecule has 0 aliphatic carbocycles. The molecule has 0 saturated heterocycles. The van der Waals surface area contributed by atoms with Crippen LogP contribution in [0.1, 0.15) is 32.3 Å². The van der Waals surface area contributed by atoms with Crippen LogP contribution in [0.4, 0.5) is 0 Å². The molecule has 0 heterocycles. The minimum atomic E-state index is -0.628. The van der Waals surface area contributed by atoms with E-state index in [9.17, 15) is 5.26 Å². The SMILES string of the molecule is CC(C)C(C#N)(CCCO)c1ccc(Cl)c(Cl)c1. The van der Waals surface area contributed by atoms with Crippen LogP contribution in [0.25, 0.3) is 0 Å². The van der Waals surface area contributed by atoms with Gasteiger partial charge in [0.1, 0.15) is 0 Å². The number of nitriles is 1. The summed E-state index contributed by atoms with van der Waals surface area (Å²) in [5.74, 6) is 0.131. The highest BCUT2D eigenvalue weighted by Crippen LogP contribution is 2.38. The molecule has 0 bridgehead atoms. The van der Waals surface area contributed by atoms with Gasteiger partial charge in [-0.1, -0.05) is 43.1 Å². The minimum absolute atomic E-state index is 0.0808. The van der Waals surface area contributed by atoms with Gasteiger partial charge in [0.05, 0.1) is 21.5 Å². The summed E-state index contributed by atoms with van der Waals surface area (Å²) in [4.78, 5) is 0. The fourth-order valence-electron chi connectivity index (χ4n) is 2.15. The first-order valence-electron chi connectivity index (χ1n) is 5.95. The van der Waals surface area contributed by atoms with Crippen molar-refractivity contribution < 1.29 is 5.11 Å². The number of nitrogens with zero attached hydrogens (tertiary/aromatic N) is 1. The van der Waals surface area contributed by atoms with Crippen molar-refractivity contribution in [3.8, 4) is 6.07 Å². The molecule has 1 atom stereocenters. The van der Waals surface area contributed by atoms with Gasteiger partial charge < -0.3 is 5.11 Å². The minimum Gasteiger partial charge on any atom is -0.396 e. The summed E-state index contributed by atoms with van der Waals surface area (Å²) < 4.78 is 0. The van der Waals surface area contributed by atoms with Gasteiger partial charge in [-0.3, -0.25) is 0 Å². The maximum absolute atomic E-state index is 9.58. The first-order chi connectivity index (χ1) is 8.47.